The van der Waals surface area contributed by atoms with Gasteiger partial charge in [0.1, 0.15) is 6.04 Å². The van der Waals surface area contributed by atoms with Gasteiger partial charge in [0.25, 0.3) is 0 Å². The quantitative estimate of drug-likeness (QED) is 0.733. The SMILES string of the molecule is NC(CCC(=O)N1CCCC1)C(=O)N1C[C@@H](Cc2ccccc2)C[C@H]1C(=O)O. The first-order chi connectivity index (χ1) is 13.5. The van der Waals surface area contributed by atoms with Crippen molar-refractivity contribution in [2.75, 3.05) is 19.6 Å². The third-order valence-electron chi connectivity index (χ3n) is 5.77. The van der Waals surface area contributed by atoms with Crippen LogP contribution in [0.2, 0.25) is 0 Å². The summed E-state index contributed by atoms with van der Waals surface area (Å²) in [6.45, 7) is 1.94. The zero-order chi connectivity index (χ0) is 20.1. The van der Waals surface area contributed by atoms with E-state index >= 15 is 0 Å². The van der Waals surface area contributed by atoms with Gasteiger partial charge in [-0.1, -0.05) is 30.3 Å². The summed E-state index contributed by atoms with van der Waals surface area (Å²) < 4.78 is 0. The number of hydrogen-bond acceptors (Lipinski definition) is 4. The third-order valence-corrected chi connectivity index (χ3v) is 5.77. The number of carbonyl (C=O) groups excluding carboxylic acids is 2. The summed E-state index contributed by atoms with van der Waals surface area (Å²) >= 11 is 0. The average Bonchev–Trinajstić information content (AvgIpc) is 3.36. The Balaban J connectivity index is 1.56. The number of hydrogen-bond donors (Lipinski definition) is 2. The van der Waals surface area contributed by atoms with Crippen molar-refractivity contribution in [1.82, 2.24) is 9.80 Å². The topological polar surface area (TPSA) is 104 Å². The molecule has 3 atom stereocenters. The summed E-state index contributed by atoms with van der Waals surface area (Å²) in [5.74, 6) is -1.24. The molecule has 3 N–H and O–H groups in total. The van der Waals surface area contributed by atoms with Crippen LogP contribution >= 0.6 is 0 Å². The summed E-state index contributed by atoms with van der Waals surface area (Å²) in [5, 5.41) is 9.56. The second-order valence-electron chi connectivity index (χ2n) is 7.87. The van der Waals surface area contributed by atoms with Crippen LogP contribution in [0.15, 0.2) is 30.3 Å². The number of nitrogens with two attached hydrogens (primary N) is 1. The number of carboxylic acids is 1. The van der Waals surface area contributed by atoms with Crippen LogP contribution in [0.25, 0.3) is 0 Å². The molecule has 0 aliphatic carbocycles. The molecule has 7 nitrogen and oxygen atoms in total. The van der Waals surface area contributed by atoms with Gasteiger partial charge in [0.2, 0.25) is 11.8 Å². The van der Waals surface area contributed by atoms with E-state index in [2.05, 4.69) is 0 Å². The van der Waals surface area contributed by atoms with Crippen molar-refractivity contribution in [2.24, 2.45) is 11.7 Å². The molecule has 2 aliphatic heterocycles. The van der Waals surface area contributed by atoms with Gasteiger partial charge in [0, 0.05) is 26.1 Å². The fourth-order valence-corrected chi connectivity index (χ4v) is 4.24. The average molecular weight is 387 g/mol. The molecule has 2 heterocycles. The lowest BCUT2D eigenvalue weighted by atomic mass is 9.97. The molecule has 1 aromatic carbocycles. The van der Waals surface area contributed by atoms with Crippen LogP contribution < -0.4 is 5.73 Å². The van der Waals surface area contributed by atoms with Gasteiger partial charge in [0.05, 0.1) is 6.04 Å². The fraction of sp³-hybridized carbons (Fsp3) is 0.571. The van der Waals surface area contributed by atoms with E-state index in [9.17, 15) is 19.5 Å². The molecule has 0 radical (unpaired) electrons. The van der Waals surface area contributed by atoms with Crippen LogP contribution in [0.1, 0.15) is 37.7 Å². The van der Waals surface area contributed by atoms with E-state index in [-0.39, 0.29) is 30.6 Å². The molecule has 2 aliphatic rings. The van der Waals surface area contributed by atoms with Crippen molar-refractivity contribution in [1.29, 1.82) is 0 Å². The van der Waals surface area contributed by atoms with Crippen LogP contribution in [0, 0.1) is 5.92 Å². The zero-order valence-corrected chi connectivity index (χ0v) is 16.1. The minimum Gasteiger partial charge on any atom is -0.480 e. The number of nitrogens with zero attached hydrogens (tertiary/aromatic N) is 2. The lowest BCUT2D eigenvalue weighted by Gasteiger charge is -2.25. The molecule has 2 amide bonds. The van der Waals surface area contributed by atoms with E-state index in [1.807, 2.05) is 35.2 Å². The van der Waals surface area contributed by atoms with E-state index in [1.54, 1.807) is 0 Å². The number of amides is 2. The normalized spacial score (nSPS) is 23.0. The van der Waals surface area contributed by atoms with E-state index in [1.165, 1.54) is 4.90 Å². The Bertz CT molecular complexity index is 703. The van der Waals surface area contributed by atoms with E-state index < -0.39 is 18.1 Å². The number of rotatable bonds is 7. The van der Waals surface area contributed by atoms with Crippen molar-refractivity contribution in [3.63, 3.8) is 0 Å². The van der Waals surface area contributed by atoms with E-state index in [0.717, 1.165) is 37.9 Å². The van der Waals surface area contributed by atoms with Crippen LogP contribution in [-0.2, 0) is 20.8 Å². The maximum absolute atomic E-state index is 12.8. The van der Waals surface area contributed by atoms with Gasteiger partial charge >= 0.3 is 5.97 Å². The van der Waals surface area contributed by atoms with Crippen molar-refractivity contribution in [3.05, 3.63) is 35.9 Å². The highest BCUT2D eigenvalue weighted by Crippen LogP contribution is 2.27. The summed E-state index contributed by atoms with van der Waals surface area (Å²) in [5.41, 5.74) is 7.18. The smallest absolute Gasteiger partial charge is 0.326 e. The highest BCUT2D eigenvalue weighted by Gasteiger charge is 2.41. The van der Waals surface area contributed by atoms with Crippen LogP contribution in [-0.4, -0.2) is 64.4 Å². The predicted molar refractivity (Wildman–Crippen MR) is 104 cm³/mol. The van der Waals surface area contributed by atoms with Crippen LogP contribution in [0.4, 0.5) is 0 Å². The van der Waals surface area contributed by atoms with E-state index in [0.29, 0.717) is 13.0 Å². The molecular weight excluding hydrogens is 358 g/mol. The van der Waals surface area contributed by atoms with Crippen molar-refractivity contribution >= 4 is 17.8 Å². The monoisotopic (exact) mass is 387 g/mol. The highest BCUT2D eigenvalue weighted by atomic mass is 16.4. The van der Waals surface area contributed by atoms with Crippen molar-refractivity contribution in [3.8, 4) is 0 Å². The van der Waals surface area contributed by atoms with Crippen molar-refractivity contribution in [2.45, 2.75) is 50.6 Å². The second kappa shape index (κ2) is 9.19. The van der Waals surface area contributed by atoms with Gasteiger partial charge in [-0.05, 0) is 43.6 Å². The number of likely N-dealkylation sites (tertiary alicyclic amines) is 2. The number of benzene rings is 1. The Hall–Kier alpha value is -2.41. The lowest BCUT2D eigenvalue weighted by molar-refractivity contribution is -0.148. The van der Waals surface area contributed by atoms with Crippen LogP contribution in [0.3, 0.4) is 0 Å². The minimum absolute atomic E-state index is 0.0268. The predicted octanol–water partition coefficient (Wildman–Crippen LogP) is 1.26. The van der Waals surface area contributed by atoms with Crippen LogP contribution in [0.5, 0.6) is 0 Å². The van der Waals surface area contributed by atoms with Gasteiger partial charge in [-0.2, -0.15) is 0 Å². The van der Waals surface area contributed by atoms with Crippen molar-refractivity contribution < 1.29 is 19.5 Å². The molecule has 152 valence electrons. The van der Waals surface area contributed by atoms with Gasteiger partial charge < -0.3 is 20.6 Å². The largest absolute Gasteiger partial charge is 0.480 e. The number of carboxylic acid groups (broad SMARTS) is 1. The van der Waals surface area contributed by atoms with Gasteiger partial charge in [-0.3, -0.25) is 9.59 Å². The molecule has 1 unspecified atom stereocenters. The molecule has 3 rings (SSSR count). The number of aliphatic carboxylic acids is 1. The second-order valence-corrected chi connectivity index (χ2v) is 7.87. The highest BCUT2D eigenvalue weighted by molar-refractivity contribution is 5.88. The molecule has 28 heavy (non-hydrogen) atoms. The maximum atomic E-state index is 12.8. The third kappa shape index (κ3) is 4.90. The Morgan fingerprint density at radius 1 is 1.14 bits per heavy atom. The Morgan fingerprint density at radius 2 is 1.82 bits per heavy atom. The lowest BCUT2D eigenvalue weighted by Crippen LogP contribution is -2.48. The Labute approximate surface area is 165 Å². The summed E-state index contributed by atoms with van der Waals surface area (Å²) in [6, 6.07) is 8.18. The van der Waals surface area contributed by atoms with Gasteiger partial charge in [-0.25, -0.2) is 4.79 Å². The Kier molecular flexibility index (Phi) is 6.67. The molecule has 0 saturated carbocycles. The molecule has 0 bridgehead atoms. The molecule has 2 saturated heterocycles. The van der Waals surface area contributed by atoms with E-state index in [4.69, 9.17) is 5.73 Å². The summed E-state index contributed by atoms with van der Waals surface area (Å²) in [7, 11) is 0. The van der Waals surface area contributed by atoms with Gasteiger partial charge in [0.15, 0.2) is 0 Å². The Morgan fingerprint density at radius 3 is 2.46 bits per heavy atom. The van der Waals surface area contributed by atoms with Gasteiger partial charge in [-0.15, -0.1) is 0 Å². The molecule has 2 fully saturated rings. The maximum Gasteiger partial charge on any atom is 0.326 e. The number of carbonyl (C=O) groups is 3. The minimum atomic E-state index is -0.996. The fourth-order valence-electron chi connectivity index (χ4n) is 4.24. The zero-order valence-electron chi connectivity index (χ0n) is 16.1. The molecule has 0 aromatic heterocycles. The molecule has 1 aromatic rings. The summed E-state index contributed by atoms with van der Waals surface area (Å²) in [4.78, 5) is 39.9. The summed E-state index contributed by atoms with van der Waals surface area (Å²) in [6.07, 6.45) is 3.68. The first kappa shape index (κ1) is 20.3. The molecule has 0 spiro atoms. The first-order valence-corrected chi connectivity index (χ1v) is 10.1. The molecule has 7 heteroatoms. The first-order valence-electron chi connectivity index (χ1n) is 10.1. The molecular formula is C21H29N3O4. The standard InChI is InChI=1S/C21H29N3O4/c22-17(8-9-19(25)23-10-4-5-11-23)20(26)24-14-16(13-18(24)21(27)28)12-15-6-2-1-3-7-15/h1-3,6-7,16-18H,4-5,8-14,22H2,(H,27,28)/t16-,17?,18-/m0/s1.